The maximum absolute atomic E-state index is 6.13. The highest BCUT2D eigenvalue weighted by atomic mass is 16.5. The zero-order valence-electron chi connectivity index (χ0n) is 18.4. The van der Waals surface area contributed by atoms with Crippen LogP contribution < -0.4 is 19.5 Å². The molecule has 1 saturated heterocycles. The van der Waals surface area contributed by atoms with Crippen molar-refractivity contribution in [1.82, 2.24) is 25.2 Å². The summed E-state index contributed by atoms with van der Waals surface area (Å²) < 4.78 is 17.8. The second-order valence-corrected chi connectivity index (χ2v) is 7.94. The van der Waals surface area contributed by atoms with Gasteiger partial charge in [0, 0.05) is 55.4 Å². The highest BCUT2D eigenvalue weighted by Gasteiger charge is 2.15. The first kappa shape index (κ1) is 20.5. The number of hydrogen-bond acceptors (Lipinski definition) is 7. The van der Waals surface area contributed by atoms with Crippen molar-refractivity contribution in [1.29, 1.82) is 0 Å². The monoisotopic (exact) mass is 433 g/mol. The van der Waals surface area contributed by atoms with Crippen LogP contribution in [-0.4, -0.2) is 66.3 Å². The highest BCUT2D eigenvalue weighted by Crippen LogP contribution is 2.36. The number of aromatic amines is 1. The normalized spacial score (nSPS) is 14.7. The molecule has 0 aliphatic carbocycles. The number of nitrogens with one attached hydrogen (secondary N) is 2. The van der Waals surface area contributed by atoms with Crippen molar-refractivity contribution in [3.63, 3.8) is 0 Å². The summed E-state index contributed by atoms with van der Waals surface area (Å²) in [6, 6.07) is 11.8. The minimum atomic E-state index is 0.479. The second-order valence-electron chi connectivity index (χ2n) is 7.94. The predicted molar refractivity (Wildman–Crippen MR) is 124 cm³/mol. The molecule has 1 aliphatic heterocycles. The Kier molecular flexibility index (Phi) is 5.79. The lowest BCUT2D eigenvalue weighted by Gasteiger charge is -2.27. The number of rotatable bonds is 7. The van der Waals surface area contributed by atoms with Gasteiger partial charge >= 0.3 is 0 Å². The van der Waals surface area contributed by atoms with E-state index in [0.29, 0.717) is 29.7 Å². The Bertz CT molecular complexity index is 1230. The van der Waals surface area contributed by atoms with Crippen LogP contribution in [0.25, 0.3) is 21.8 Å². The van der Waals surface area contributed by atoms with Crippen molar-refractivity contribution in [3.8, 4) is 23.1 Å². The summed E-state index contributed by atoms with van der Waals surface area (Å²) >= 11 is 0. The van der Waals surface area contributed by atoms with Crippen LogP contribution in [0.3, 0.4) is 0 Å². The van der Waals surface area contributed by atoms with Crippen LogP contribution in [-0.2, 0) is 0 Å². The SMILES string of the molecule is COc1cc2c(Oc3ccc4[nH]c(C)cc4c3)ncnc2cc1OCCN1CCNCC1. The fourth-order valence-electron chi connectivity index (χ4n) is 4.04. The third kappa shape index (κ3) is 4.32. The number of aryl methyl sites for hydroxylation is 1. The first-order valence-corrected chi connectivity index (χ1v) is 10.9. The zero-order chi connectivity index (χ0) is 21.9. The second kappa shape index (κ2) is 9.02. The molecule has 0 bridgehead atoms. The largest absolute Gasteiger partial charge is 0.493 e. The van der Waals surface area contributed by atoms with E-state index >= 15 is 0 Å². The molecule has 1 aliphatic rings. The number of aromatic nitrogens is 3. The molecule has 166 valence electrons. The average Bonchev–Trinajstić information content (AvgIpc) is 3.19. The summed E-state index contributed by atoms with van der Waals surface area (Å²) in [5.41, 5.74) is 2.93. The fraction of sp³-hybridized carbons (Fsp3) is 0.333. The molecular weight excluding hydrogens is 406 g/mol. The highest BCUT2D eigenvalue weighted by molar-refractivity contribution is 5.87. The van der Waals surface area contributed by atoms with Gasteiger partial charge in [-0.25, -0.2) is 9.97 Å². The molecule has 32 heavy (non-hydrogen) atoms. The van der Waals surface area contributed by atoms with Gasteiger partial charge in [0.2, 0.25) is 5.88 Å². The Morgan fingerprint density at radius 2 is 1.91 bits per heavy atom. The number of methoxy groups -OCH3 is 1. The Balaban J connectivity index is 1.37. The van der Waals surface area contributed by atoms with Crippen molar-refractivity contribution in [2.45, 2.75) is 6.92 Å². The lowest BCUT2D eigenvalue weighted by Crippen LogP contribution is -2.44. The van der Waals surface area contributed by atoms with Crippen LogP contribution >= 0.6 is 0 Å². The molecule has 2 N–H and O–H groups in total. The topological polar surface area (TPSA) is 84.5 Å². The molecular formula is C24H27N5O3. The molecule has 8 heteroatoms. The Hall–Kier alpha value is -3.36. The maximum Gasteiger partial charge on any atom is 0.230 e. The molecule has 0 spiro atoms. The average molecular weight is 434 g/mol. The Morgan fingerprint density at radius 3 is 2.75 bits per heavy atom. The van der Waals surface area contributed by atoms with E-state index in [1.54, 1.807) is 7.11 Å². The summed E-state index contributed by atoms with van der Waals surface area (Å²) in [5, 5.41) is 5.22. The number of ether oxygens (including phenoxy) is 3. The van der Waals surface area contributed by atoms with Gasteiger partial charge in [-0.2, -0.15) is 0 Å². The van der Waals surface area contributed by atoms with Gasteiger partial charge in [-0.05, 0) is 37.3 Å². The number of H-pyrrole nitrogens is 1. The molecule has 3 heterocycles. The number of piperazine rings is 1. The van der Waals surface area contributed by atoms with Crippen LogP contribution in [0.4, 0.5) is 0 Å². The molecule has 0 atom stereocenters. The van der Waals surface area contributed by atoms with Crippen molar-refractivity contribution >= 4 is 21.8 Å². The predicted octanol–water partition coefficient (Wildman–Crippen LogP) is 3.50. The van der Waals surface area contributed by atoms with Crippen LogP contribution in [0.15, 0.2) is 42.7 Å². The van der Waals surface area contributed by atoms with Crippen molar-refractivity contribution in [2.24, 2.45) is 0 Å². The van der Waals surface area contributed by atoms with E-state index in [4.69, 9.17) is 14.2 Å². The summed E-state index contributed by atoms with van der Waals surface area (Å²) in [4.78, 5) is 14.5. The molecule has 2 aromatic carbocycles. The van der Waals surface area contributed by atoms with E-state index in [1.165, 1.54) is 6.33 Å². The third-order valence-corrected chi connectivity index (χ3v) is 5.70. The van der Waals surface area contributed by atoms with Crippen molar-refractivity contribution < 1.29 is 14.2 Å². The van der Waals surface area contributed by atoms with Crippen LogP contribution in [0.2, 0.25) is 0 Å². The molecule has 0 amide bonds. The van der Waals surface area contributed by atoms with Gasteiger partial charge in [0.1, 0.15) is 18.7 Å². The molecule has 1 fully saturated rings. The molecule has 0 saturated carbocycles. The van der Waals surface area contributed by atoms with Crippen LogP contribution in [0.5, 0.6) is 23.1 Å². The van der Waals surface area contributed by atoms with Gasteiger partial charge in [0.15, 0.2) is 11.5 Å². The molecule has 8 nitrogen and oxygen atoms in total. The van der Waals surface area contributed by atoms with E-state index in [9.17, 15) is 0 Å². The summed E-state index contributed by atoms with van der Waals surface area (Å²) in [5.74, 6) is 2.50. The van der Waals surface area contributed by atoms with Crippen molar-refractivity contribution in [2.75, 3.05) is 46.4 Å². The molecule has 2 aromatic heterocycles. The number of fused-ring (bicyclic) bond motifs is 2. The number of hydrogen-bond donors (Lipinski definition) is 2. The molecule has 4 aromatic rings. The first-order valence-electron chi connectivity index (χ1n) is 10.9. The lowest BCUT2D eigenvalue weighted by atomic mass is 10.2. The maximum atomic E-state index is 6.13. The number of nitrogens with zero attached hydrogens (tertiary/aromatic N) is 3. The Labute approximate surface area is 186 Å². The summed E-state index contributed by atoms with van der Waals surface area (Å²) in [6.07, 6.45) is 1.51. The van der Waals surface area contributed by atoms with E-state index in [2.05, 4.69) is 31.2 Å². The van der Waals surface area contributed by atoms with E-state index in [1.807, 2.05) is 37.3 Å². The number of benzene rings is 2. The summed E-state index contributed by atoms with van der Waals surface area (Å²) in [6.45, 7) is 7.63. The zero-order valence-corrected chi connectivity index (χ0v) is 18.4. The Morgan fingerprint density at radius 1 is 1.03 bits per heavy atom. The minimum Gasteiger partial charge on any atom is -0.493 e. The van der Waals surface area contributed by atoms with Gasteiger partial charge in [-0.3, -0.25) is 4.90 Å². The van der Waals surface area contributed by atoms with Crippen LogP contribution in [0, 0.1) is 6.92 Å². The standard InChI is InChI=1S/C24H27N5O3/c1-16-11-17-12-18(3-4-20(17)28-16)32-24-19-13-22(30-2)23(14-21(19)26-15-27-24)31-10-9-29-7-5-25-6-8-29/h3-4,11-15,25,28H,5-10H2,1-2H3. The molecule has 0 radical (unpaired) electrons. The quantitative estimate of drug-likeness (QED) is 0.461. The molecule has 5 rings (SSSR count). The third-order valence-electron chi connectivity index (χ3n) is 5.70. The first-order chi connectivity index (χ1) is 15.7. The van der Waals surface area contributed by atoms with Crippen LogP contribution in [0.1, 0.15) is 5.69 Å². The fourth-order valence-corrected chi connectivity index (χ4v) is 4.04. The van der Waals surface area contributed by atoms with Gasteiger partial charge in [0.05, 0.1) is 18.0 Å². The van der Waals surface area contributed by atoms with E-state index < -0.39 is 0 Å². The van der Waals surface area contributed by atoms with Gasteiger partial charge < -0.3 is 24.5 Å². The van der Waals surface area contributed by atoms with Gasteiger partial charge in [-0.15, -0.1) is 0 Å². The smallest absolute Gasteiger partial charge is 0.230 e. The van der Waals surface area contributed by atoms with Gasteiger partial charge in [-0.1, -0.05) is 0 Å². The van der Waals surface area contributed by atoms with Crippen molar-refractivity contribution in [3.05, 3.63) is 48.4 Å². The molecule has 0 unspecified atom stereocenters. The summed E-state index contributed by atoms with van der Waals surface area (Å²) in [7, 11) is 1.64. The lowest BCUT2D eigenvalue weighted by molar-refractivity contribution is 0.188. The van der Waals surface area contributed by atoms with E-state index in [-0.39, 0.29) is 0 Å². The van der Waals surface area contributed by atoms with E-state index in [0.717, 1.165) is 60.2 Å². The minimum absolute atomic E-state index is 0.479. The van der Waals surface area contributed by atoms with Gasteiger partial charge in [0.25, 0.3) is 0 Å².